The topological polar surface area (TPSA) is 47.4 Å². The van der Waals surface area contributed by atoms with E-state index in [2.05, 4.69) is 9.84 Å². The van der Waals surface area contributed by atoms with E-state index in [1.165, 1.54) is 31.4 Å². The van der Waals surface area contributed by atoms with Gasteiger partial charge in [0.25, 0.3) is 0 Å². The van der Waals surface area contributed by atoms with Crippen molar-refractivity contribution in [3.63, 3.8) is 0 Å². The predicted molar refractivity (Wildman–Crippen MR) is 111 cm³/mol. The summed E-state index contributed by atoms with van der Waals surface area (Å²) in [4.78, 5) is 13.7. The number of halogens is 5. The first kappa shape index (κ1) is 22.5. The van der Waals surface area contributed by atoms with E-state index < -0.39 is 23.5 Å². The second kappa shape index (κ2) is 8.37. The highest BCUT2D eigenvalue weighted by Crippen LogP contribution is 2.36. The van der Waals surface area contributed by atoms with Crippen LogP contribution in [0.5, 0.6) is 0 Å². The molecule has 5 nitrogen and oxygen atoms in total. The molecule has 0 N–H and O–H groups in total. The van der Waals surface area contributed by atoms with Crippen LogP contribution in [0, 0.1) is 12.7 Å². The minimum absolute atomic E-state index is 0.0345. The highest BCUT2D eigenvalue weighted by Gasteiger charge is 2.35. The molecule has 2 heterocycles. The van der Waals surface area contributed by atoms with Gasteiger partial charge in [-0.1, -0.05) is 17.7 Å². The zero-order chi connectivity index (χ0) is 23.2. The molecule has 0 amide bonds. The van der Waals surface area contributed by atoms with E-state index in [4.69, 9.17) is 11.6 Å². The van der Waals surface area contributed by atoms with Crippen LogP contribution in [0.4, 0.5) is 17.6 Å². The molecule has 170 valence electrons. The van der Waals surface area contributed by atoms with Crippen LogP contribution in [-0.4, -0.2) is 40.8 Å². The number of benzene rings is 2. The van der Waals surface area contributed by atoms with Crippen molar-refractivity contribution in [3.05, 3.63) is 63.6 Å². The van der Waals surface area contributed by atoms with Crippen molar-refractivity contribution in [1.29, 1.82) is 0 Å². The average molecular weight is 470 g/mol. The largest absolute Gasteiger partial charge is 0.465 e. The number of aryl methyl sites for hydroxylation is 1. The fourth-order valence-corrected chi connectivity index (χ4v) is 4.38. The Labute approximate surface area is 186 Å². The molecule has 32 heavy (non-hydrogen) atoms. The zero-order valence-electron chi connectivity index (χ0n) is 17.3. The summed E-state index contributed by atoms with van der Waals surface area (Å²) in [5.74, 6) is -1.48. The molecule has 0 saturated carbocycles. The number of fused-ring (bicyclic) bond motifs is 1. The molecular weight excluding hydrogens is 450 g/mol. The molecule has 1 saturated heterocycles. The molecule has 1 atom stereocenters. The van der Waals surface area contributed by atoms with Crippen molar-refractivity contribution < 1.29 is 27.1 Å². The van der Waals surface area contributed by atoms with Gasteiger partial charge in [0.05, 0.1) is 35.5 Å². The van der Waals surface area contributed by atoms with Gasteiger partial charge in [-0.3, -0.25) is 9.58 Å². The Morgan fingerprint density at radius 2 is 2.03 bits per heavy atom. The van der Waals surface area contributed by atoms with E-state index in [9.17, 15) is 22.4 Å². The Morgan fingerprint density at radius 1 is 1.28 bits per heavy atom. The van der Waals surface area contributed by atoms with Crippen LogP contribution in [0.25, 0.3) is 10.9 Å². The fourth-order valence-electron chi connectivity index (χ4n) is 4.20. The number of carbonyl (C=O) groups excluding carboxylic acids is 1. The van der Waals surface area contributed by atoms with Crippen LogP contribution >= 0.6 is 11.6 Å². The summed E-state index contributed by atoms with van der Waals surface area (Å²) in [5.41, 5.74) is 0.393. The molecule has 0 spiro atoms. The molecule has 1 fully saturated rings. The highest BCUT2D eigenvalue weighted by atomic mass is 35.5. The van der Waals surface area contributed by atoms with E-state index in [1.807, 2.05) is 4.90 Å². The van der Waals surface area contributed by atoms with E-state index in [-0.39, 0.29) is 28.7 Å². The zero-order valence-corrected chi connectivity index (χ0v) is 18.1. The molecule has 1 aromatic heterocycles. The molecule has 0 aliphatic carbocycles. The first-order valence-electron chi connectivity index (χ1n) is 9.93. The normalized spacial score (nSPS) is 17.3. The lowest BCUT2D eigenvalue weighted by Gasteiger charge is -2.20. The number of methoxy groups -OCH3 is 1. The van der Waals surface area contributed by atoms with Gasteiger partial charge in [0.15, 0.2) is 0 Å². The molecule has 0 radical (unpaired) electrons. The summed E-state index contributed by atoms with van der Waals surface area (Å²) < 4.78 is 61.1. The maximum atomic E-state index is 14.5. The number of alkyl halides is 3. The van der Waals surface area contributed by atoms with Crippen molar-refractivity contribution in [2.24, 2.45) is 0 Å². The van der Waals surface area contributed by atoms with Crippen molar-refractivity contribution in [2.45, 2.75) is 32.1 Å². The van der Waals surface area contributed by atoms with Gasteiger partial charge in [0, 0.05) is 36.1 Å². The third-order valence-corrected chi connectivity index (χ3v) is 5.98. The summed E-state index contributed by atoms with van der Waals surface area (Å²) in [5, 5.41) is 5.18. The summed E-state index contributed by atoms with van der Waals surface area (Å²) in [6.45, 7) is 2.89. The molecule has 0 unspecified atom stereocenters. The minimum atomic E-state index is -4.50. The Balaban J connectivity index is 1.60. The maximum Gasteiger partial charge on any atom is 0.416 e. The average Bonchev–Trinajstić information content (AvgIpc) is 3.31. The Hall–Kier alpha value is -2.65. The number of rotatable bonds is 4. The third-order valence-electron chi connectivity index (χ3n) is 5.75. The van der Waals surface area contributed by atoms with E-state index in [0.717, 1.165) is 6.07 Å². The van der Waals surface area contributed by atoms with Crippen LogP contribution < -0.4 is 0 Å². The lowest BCUT2D eigenvalue weighted by atomic mass is 10.1. The second-order valence-electron chi connectivity index (χ2n) is 7.85. The van der Waals surface area contributed by atoms with E-state index in [0.29, 0.717) is 36.1 Å². The third kappa shape index (κ3) is 4.19. The number of nitrogens with zero attached hydrogens (tertiary/aromatic N) is 3. The summed E-state index contributed by atoms with van der Waals surface area (Å²) in [7, 11) is 1.18. The van der Waals surface area contributed by atoms with Crippen molar-refractivity contribution in [1.82, 2.24) is 14.7 Å². The van der Waals surface area contributed by atoms with Gasteiger partial charge >= 0.3 is 12.1 Å². The lowest BCUT2D eigenvalue weighted by molar-refractivity contribution is -0.138. The number of aromatic nitrogens is 2. The number of ether oxygens (including phenoxy) is 1. The number of likely N-dealkylation sites (tertiary alicyclic amines) is 1. The second-order valence-corrected chi connectivity index (χ2v) is 8.28. The molecule has 10 heteroatoms. The van der Waals surface area contributed by atoms with Crippen LogP contribution in [0.15, 0.2) is 30.3 Å². The lowest BCUT2D eigenvalue weighted by Crippen LogP contribution is -2.23. The van der Waals surface area contributed by atoms with Gasteiger partial charge in [0.1, 0.15) is 5.82 Å². The first-order valence-corrected chi connectivity index (χ1v) is 10.3. The number of hydrogen-bond acceptors (Lipinski definition) is 4. The molecule has 1 aliphatic rings. The van der Waals surface area contributed by atoms with Gasteiger partial charge in [-0.05, 0) is 37.1 Å². The summed E-state index contributed by atoms with van der Waals surface area (Å²) in [6, 6.07) is 6.32. The molecule has 0 bridgehead atoms. The quantitative estimate of drug-likeness (QED) is 0.380. The molecule has 1 aliphatic heterocycles. The minimum Gasteiger partial charge on any atom is -0.465 e. The van der Waals surface area contributed by atoms with Gasteiger partial charge in [0.2, 0.25) is 0 Å². The van der Waals surface area contributed by atoms with Gasteiger partial charge in [-0.25, -0.2) is 9.18 Å². The fraction of sp³-hybridized carbons (Fsp3) is 0.364. The van der Waals surface area contributed by atoms with Crippen LogP contribution in [0.3, 0.4) is 0 Å². The van der Waals surface area contributed by atoms with Crippen LogP contribution in [0.2, 0.25) is 5.02 Å². The molecule has 3 aromatic rings. The Kier molecular flexibility index (Phi) is 5.89. The number of hydrogen-bond donors (Lipinski definition) is 0. The van der Waals surface area contributed by atoms with E-state index in [1.54, 1.807) is 11.6 Å². The summed E-state index contributed by atoms with van der Waals surface area (Å²) >= 11 is 5.77. The van der Waals surface area contributed by atoms with Crippen LogP contribution in [0.1, 0.15) is 39.6 Å². The van der Waals surface area contributed by atoms with Crippen LogP contribution in [-0.2, 0) is 17.5 Å². The monoisotopic (exact) mass is 469 g/mol. The standard InChI is InChI=1S/C22H20ClF4N3O2/c1-12-16-8-17(21(31)32-2)19(24)9-20(16)30(28-12)15-5-6-29(11-15)10-13-3-4-14(23)7-18(13)22(25,26)27/h3-4,7-9,15H,5-6,10-11H2,1-2H3/t15-/m1/s1. The Morgan fingerprint density at radius 3 is 2.72 bits per heavy atom. The van der Waals surface area contributed by atoms with Gasteiger partial charge in [-0.15, -0.1) is 0 Å². The molecule has 4 rings (SSSR count). The Bertz CT molecular complexity index is 1190. The molecule has 2 aromatic carbocycles. The SMILES string of the molecule is COC(=O)c1cc2c(C)nn([C@@H]3CCN(Cc4ccc(Cl)cc4C(F)(F)F)C3)c2cc1F. The maximum absolute atomic E-state index is 14.5. The number of esters is 1. The highest BCUT2D eigenvalue weighted by molar-refractivity contribution is 6.30. The van der Waals surface area contributed by atoms with E-state index >= 15 is 0 Å². The smallest absolute Gasteiger partial charge is 0.416 e. The van der Waals surface area contributed by atoms with Gasteiger partial charge in [-0.2, -0.15) is 18.3 Å². The van der Waals surface area contributed by atoms with Crippen molar-refractivity contribution in [3.8, 4) is 0 Å². The van der Waals surface area contributed by atoms with Crippen molar-refractivity contribution in [2.75, 3.05) is 20.2 Å². The number of carbonyl (C=O) groups is 1. The first-order chi connectivity index (χ1) is 15.1. The molecular formula is C22H20ClF4N3O2. The predicted octanol–water partition coefficient (Wildman–Crippen LogP) is 5.39. The summed E-state index contributed by atoms with van der Waals surface area (Å²) in [6.07, 6.45) is -3.85. The van der Waals surface area contributed by atoms with Crippen molar-refractivity contribution >= 4 is 28.5 Å². The van der Waals surface area contributed by atoms with Gasteiger partial charge < -0.3 is 4.74 Å².